The number of halogens is 2. The van der Waals surface area contributed by atoms with Crippen LogP contribution in [0.3, 0.4) is 0 Å². The number of hydrogen-bond donors (Lipinski definition) is 3. The quantitative estimate of drug-likeness (QED) is 0.130. The minimum absolute atomic E-state index is 0.0748. The third kappa shape index (κ3) is 6.87. The van der Waals surface area contributed by atoms with Gasteiger partial charge in [-0.3, -0.25) is 14.8 Å². The highest BCUT2D eigenvalue weighted by molar-refractivity contribution is 6.39. The number of carbonyl (C=O) groups is 1. The molecular weight excluding hydrogens is 661 g/mol. The molecule has 0 atom stereocenters. The molecule has 10 nitrogen and oxygen atoms in total. The lowest BCUT2D eigenvalue weighted by Gasteiger charge is -2.48. The van der Waals surface area contributed by atoms with E-state index in [2.05, 4.69) is 25.7 Å². The third-order valence-electron chi connectivity index (χ3n) is 9.22. The minimum Gasteiger partial charge on any atom is -0.481 e. The summed E-state index contributed by atoms with van der Waals surface area (Å²) in [5, 5.41) is 14.7. The molecule has 2 fully saturated rings. The summed E-state index contributed by atoms with van der Waals surface area (Å²) in [5.74, 6) is 1.23. The third-order valence-corrected chi connectivity index (χ3v) is 10.0. The number of nitrogens with zero attached hydrogens (tertiary/aromatic N) is 4. The van der Waals surface area contributed by atoms with Gasteiger partial charge in [0.05, 0.1) is 46.9 Å². The molecule has 0 aliphatic carbocycles. The maximum atomic E-state index is 11.7. The van der Waals surface area contributed by atoms with E-state index in [4.69, 9.17) is 42.6 Å². The van der Waals surface area contributed by atoms with E-state index in [0.717, 1.165) is 71.6 Å². The lowest BCUT2D eigenvalue weighted by Crippen LogP contribution is -2.66. The number of pyridine rings is 2. The van der Waals surface area contributed by atoms with Crippen molar-refractivity contribution in [2.24, 2.45) is 0 Å². The molecular formula is C37H37Cl2N7O3. The van der Waals surface area contributed by atoms with E-state index in [0.29, 0.717) is 52.7 Å². The molecule has 2 aliphatic heterocycles. The first kappa shape index (κ1) is 33.0. The molecule has 3 aromatic heterocycles. The van der Waals surface area contributed by atoms with Crippen molar-refractivity contribution < 1.29 is 14.3 Å². The molecule has 0 unspecified atom stereocenters. The largest absolute Gasteiger partial charge is 0.481 e. The number of methoxy groups -OCH3 is 2. The lowest BCUT2D eigenvalue weighted by atomic mass is 9.88. The van der Waals surface area contributed by atoms with E-state index in [9.17, 15) is 4.79 Å². The van der Waals surface area contributed by atoms with Crippen molar-refractivity contribution in [2.75, 3.05) is 33.9 Å². The van der Waals surface area contributed by atoms with Gasteiger partial charge < -0.3 is 20.1 Å². The zero-order chi connectivity index (χ0) is 34.0. The number of benzene rings is 2. The van der Waals surface area contributed by atoms with Crippen molar-refractivity contribution >= 4 is 29.1 Å². The summed E-state index contributed by atoms with van der Waals surface area (Å²) in [6.07, 6.45) is 4.14. The Morgan fingerprint density at radius 2 is 1.45 bits per heavy atom. The van der Waals surface area contributed by atoms with Crippen LogP contribution in [0.2, 0.25) is 10.0 Å². The van der Waals surface area contributed by atoms with Crippen LogP contribution in [-0.4, -0.2) is 70.4 Å². The Kier molecular flexibility index (Phi) is 9.55. The van der Waals surface area contributed by atoms with Crippen molar-refractivity contribution in [3.8, 4) is 45.4 Å². The van der Waals surface area contributed by atoms with Crippen LogP contribution in [0, 0.1) is 0 Å². The van der Waals surface area contributed by atoms with Crippen LogP contribution in [0.5, 0.6) is 11.8 Å². The number of ether oxygens (including phenoxy) is 2. The second kappa shape index (κ2) is 14.2. The van der Waals surface area contributed by atoms with Crippen LogP contribution in [0.4, 0.5) is 0 Å². The molecule has 2 aliphatic rings. The molecule has 1 amide bonds. The fourth-order valence-corrected chi connectivity index (χ4v) is 7.41. The van der Waals surface area contributed by atoms with Gasteiger partial charge >= 0.3 is 0 Å². The molecule has 49 heavy (non-hydrogen) atoms. The van der Waals surface area contributed by atoms with Crippen molar-refractivity contribution in [3.05, 3.63) is 99.8 Å². The SMILES string of the molecule is COc1nc(-c2cccc(-c3cccc(-c4ccc(CN5CC6(CCC(=O)N6)C5)c(OC)n4)c3Cl)c2Cl)ccc1CNCCc1cc[nH]n1. The lowest BCUT2D eigenvalue weighted by molar-refractivity contribution is -0.120. The fraction of sp³-hybridized carbons (Fsp3) is 0.297. The predicted molar refractivity (Wildman–Crippen MR) is 191 cm³/mol. The van der Waals surface area contributed by atoms with Crippen molar-refractivity contribution in [1.82, 2.24) is 35.7 Å². The summed E-state index contributed by atoms with van der Waals surface area (Å²) in [6, 6.07) is 21.6. The zero-order valence-electron chi connectivity index (χ0n) is 27.4. The Morgan fingerprint density at radius 1 is 0.837 bits per heavy atom. The average molecular weight is 699 g/mol. The summed E-state index contributed by atoms with van der Waals surface area (Å²) in [6.45, 7) is 3.72. The van der Waals surface area contributed by atoms with Gasteiger partial charge in [0.2, 0.25) is 17.7 Å². The normalized spacial score (nSPS) is 15.3. The highest BCUT2D eigenvalue weighted by Crippen LogP contribution is 2.42. The molecule has 0 saturated carbocycles. The smallest absolute Gasteiger partial charge is 0.220 e. The molecule has 12 heteroatoms. The minimum atomic E-state index is -0.0748. The molecule has 2 saturated heterocycles. The number of likely N-dealkylation sites (tertiary alicyclic amines) is 1. The molecule has 5 aromatic rings. The Balaban J connectivity index is 1.09. The van der Waals surface area contributed by atoms with Crippen LogP contribution >= 0.6 is 23.2 Å². The van der Waals surface area contributed by atoms with Crippen molar-refractivity contribution in [3.63, 3.8) is 0 Å². The highest BCUT2D eigenvalue weighted by atomic mass is 35.5. The van der Waals surface area contributed by atoms with Gasteiger partial charge in [-0.2, -0.15) is 5.10 Å². The van der Waals surface area contributed by atoms with E-state index in [1.807, 2.05) is 72.9 Å². The number of aromatic amines is 1. The van der Waals surface area contributed by atoms with Gasteiger partial charge in [-0.15, -0.1) is 0 Å². The Morgan fingerprint density at radius 3 is 2.02 bits per heavy atom. The van der Waals surface area contributed by atoms with Crippen LogP contribution in [-0.2, 0) is 24.3 Å². The molecule has 0 radical (unpaired) electrons. The Labute approximate surface area is 295 Å². The molecule has 252 valence electrons. The van der Waals surface area contributed by atoms with E-state index in [-0.39, 0.29) is 11.4 Å². The van der Waals surface area contributed by atoms with Gasteiger partial charge in [0, 0.05) is 85.1 Å². The van der Waals surface area contributed by atoms with Crippen LogP contribution in [0.1, 0.15) is 29.7 Å². The summed E-state index contributed by atoms with van der Waals surface area (Å²) >= 11 is 14.2. The molecule has 7 rings (SSSR count). The number of amides is 1. The second-order valence-corrected chi connectivity index (χ2v) is 13.3. The summed E-state index contributed by atoms with van der Waals surface area (Å²) in [5.41, 5.74) is 7.36. The Hall–Kier alpha value is -4.48. The number of aromatic nitrogens is 4. The highest BCUT2D eigenvalue weighted by Gasteiger charge is 2.47. The predicted octanol–water partition coefficient (Wildman–Crippen LogP) is 6.32. The van der Waals surface area contributed by atoms with Crippen LogP contribution in [0.15, 0.2) is 72.9 Å². The molecule has 3 N–H and O–H groups in total. The monoisotopic (exact) mass is 697 g/mol. The van der Waals surface area contributed by atoms with E-state index in [1.165, 1.54) is 0 Å². The maximum Gasteiger partial charge on any atom is 0.220 e. The van der Waals surface area contributed by atoms with Crippen molar-refractivity contribution in [2.45, 2.75) is 37.9 Å². The molecule has 0 bridgehead atoms. The fourth-order valence-electron chi connectivity index (χ4n) is 6.77. The van der Waals surface area contributed by atoms with E-state index in [1.54, 1.807) is 14.2 Å². The van der Waals surface area contributed by atoms with Gasteiger partial charge in [-0.05, 0) is 24.6 Å². The van der Waals surface area contributed by atoms with Gasteiger partial charge in [0.1, 0.15) is 0 Å². The van der Waals surface area contributed by atoms with Gasteiger partial charge in [0.15, 0.2) is 0 Å². The molecule has 5 heterocycles. The van der Waals surface area contributed by atoms with Crippen LogP contribution in [0.25, 0.3) is 33.6 Å². The summed E-state index contributed by atoms with van der Waals surface area (Å²) in [7, 11) is 3.25. The van der Waals surface area contributed by atoms with Gasteiger partial charge in [0.25, 0.3) is 0 Å². The van der Waals surface area contributed by atoms with Crippen molar-refractivity contribution in [1.29, 1.82) is 0 Å². The number of hydrogen-bond acceptors (Lipinski definition) is 8. The topological polar surface area (TPSA) is 117 Å². The number of carbonyl (C=O) groups excluding carboxylic acids is 1. The first-order chi connectivity index (χ1) is 23.9. The zero-order valence-corrected chi connectivity index (χ0v) is 28.9. The maximum absolute atomic E-state index is 11.7. The first-order valence-corrected chi connectivity index (χ1v) is 17.0. The van der Waals surface area contributed by atoms with Crippen LogP contribution < -0.4 is 20.1 Å². The molecule has 2 aromatic carbocycles. The standard InChI is InChI=1S/C37H37Cl2N7O3/c1-48-35-23(19-40-17-14-25-15-18-41-45-25)9-11-30(42-35)28-7-3-5-26(33(28)38)27-6-4-8-29(34(27)39)31-12-10-24(36(43-31)49-2)20-46-21-37(22-46)16-13-32(47)44-37/h3-12,15,18,40H,13-14,16-17,19-22H2,1-2H3,(H,41,45)(H,44,47). The van der Waals surface area contributed by atoms with E-state index >= 15 is 0 Å². The number of nitrogens with one attached hydrogen (secondary N) is 3. The summed E-state index contributed by atoms with van der Waals surface area (Å²) < 4.78 is 11.4. The molecule has 1 spiro atoms. The van der Waals surface area contributed by atoms with Gasteiger partial charge in [-0.1, -0.05) is 71.7 Å². The second-order valence-electron chi connectivity index (χ2n) is 12.5. The number of H-pyrrole nitrogens is 1. The number of rotatable bonds is 12. The summed E-state index contributed by atoms with van der Waals surface area (Å²) in [4.78, 5) is 23.7. The van der Waals surface area contributed by atoms with Gasteiger partial charge in [-0.25, -0.2) is 9.97 Å². The average Bonchev–Trinajstić information content (AvgIpc) is 3.77. The Bertz CT molecular complexity index is 1980. The first-order valence-electron chi connectivity index (χ1n) is 16.2. The van der Waals surface area contributed by atoms with E-state index < -0.39 is 0 Å².